The molecule has 0 saturated carbocycles. The van der Waals surface area contributed by atoms with Crippen LogP contribution in [0.25, 0.3) is 5.69 Å². The molecule has 2 aromatic carbocycles. The number of hydrazone groups is 1. The SMILES string of the molecule is Cc1c(NN=Cc2cc([N+](=O)[O-])cc3c2OCOC3)c(=O)n(-c2ccccc2)n1C. The Kier molecular flexibility index (Phi) is 5.07. The number of nitrogens with one attached hydrogen (secondary N) is 1. The molecule has 0 bridgehead atoms. The number of aromatic nitrogens is 2. The van der Waals surface area contributed by atoms with Gasteiger partial charge in [-0.3, -0.25) is 25.0 Å². The number of fused-ring (bicyclic) bond motifs is 1. The molecule has 0 spiro atoms. The number of para-hydroxylation sites is 1. The molecule has 0 atom stereocenters. The van der Waals surface area contributed by atoms with Crippen molar-refractivity contribution in [2.75, 3.05) is 12.2 Å². The lowest BCUT2D eigenvalue weighted by molar-refractivity contribution is -0.385. The Morgan fingerprint density at radius 3 is 2.77 bits per heavy atom. The van der Waals surface area contributed by atoms with Crippen molar-refractivity contribution in [1.29, 1.82) is 0 Å². The highest BCUT2D eigenvalue weighted by molar-refractivity contribution is 5.86. The molecule has 1 N–H and O–H groups in total. The van der Waals surface area contributed by atoms with Crippen molar-refractivity contribution in [3.63, 3.8) is 0 Å². The van der Waals surface area contributed by atoms with Gasteiger partial charge in [-0.1, -0.05) is 18.2 Å². The van der Waals surface area contributed by atoms with Crippen molar-refractivity contribution in [3.8, 4) is 11.4 Å². The van der Waals surface area contributed by atoms with Gasteiger partial charge in [0.1, 0.15) is 11.4 Å². The van der Waals surface area contributed by atoms with Gasteiger partial charge in [-0.2, -0.15) is 5.10 Å². The summed E-state index contributed by atoms with van der Waals surface area (Å²) in [6.45, 7) is 2.07. The molecule has 10 heteroatoms. The summed E-state index contributed by atoms with van der Waals surface area (Å²) < 4.78 is 13.9. The minimum absolute atomic E-state index is 0.0542. The summed E-state index contributed by atoms with van der Waals surface area (Å²) in [6.07, 6.45) is 1.40. The fraction of sp³-hybridized carbons (Fsp3) is 0.200. The molecule has 10 nitrogen and oxygen atoms in total. The molecule has 0 amide bonds. The molecule has 1 aliphatic rings. The van der Waals surface area contributed by atoms with Gasteiger partial charge in [0.15, 0.2) is 6.79 Å². The highest BCUT2D eigenvalue weighted by Gasteiger charge is 2.20. The number of hydrogen-bond acceptors (Lipinski definition) is 7. The Bertz CT molecular complexity index is 1200. The van der Waals surface area contributed by atoms with Gasteiger partial charge in [0.05, 0.1) is 29.1 Å². The largest absolute Gasteiger partial charge is 0.466 e. The number of nitro groups is 1. The van der Waals surface area contributed by atoms with E-state index in [2.05, 4.69) is 10.5 Å². The average molecular weight is 409 g/mol. The number of nitrogens with zero attached hydrogens (tertiary/aromatic N) is 4. The van der Waals surface area contributed by atoms with E-state index in [1.165, 1.54) is 23.0 Å². The summed E-state index contributed by atoms with van der Waals surface area (Å²) in [5.41, 5.74) is 5.14. The number of nitro benzene ring substituents is 1. The topological polar surface area (TPSA) is 113 Å². The summed E-state index contributed by atoms with van der Waals surface area (Å²) in [5, 5.41) is 15.4. The molecule has 2 heterocycles. The van der Waals surface area contributed by atoms with E-state index in [1.54, 1.807) is 18.7 Å². The summed E-state index contributed by atoms with van der Waals surface area (Å²) in [7, 11) is 1.78. The van der Waals surface area contributed by atoms with Crippen LogP contribution in [0.4, 0.5) is 11.4 Å². The van der Waals surface area contributed by atoms with E-state index in [1.807, 2.05) is 30.3 Å². The fourth-order valence-corrected chi connectivity index (χ4v) is 3.30. The minimum Gasteiger partial charge on any atom is -0.466 e. The Hall–Kier alpha value is -3.92. The van der Waals surface area contributed by atoms with Crippen molar-refractivity contribution < 1.29 is 14.4 Å². The van der Waals surface area contributed by atoms with E-state index in [0.29, 0.717) is 28.3 Å². The van der Waals surface area contributed by atoms with E-state index in [-0.39, 0.29) is 24.6 Å². The second-order valence-electron chi connectivity index (χ2n) is 6.70. The molecule has 1 aliphatic heterocycles. The third-order valence-electron chi connectivity index (χ3n) is 4.87. The summed E-state index contributed by atoms with van der Waals surface area (Å²) in [5.74, 6) is 0.476. The fourth-order valence-electron chi connectivity index (χ4n) is 3.30. The first-order valence-electron chi connectivity index (χ1n) is 9.12. The average Bonchev–Trinajstić information content (AvgIpc) is 2.97. The zero-order valence-corrected chi connectivity index (χ0v) is 16.4. The van der Waals surface area contributed by atoms with Crippen molar-refractivity contribution in [3.05, 3.63) is 79.8 Å². The Labute approximate surface area is 171 Å². The predicted octanol–water partition coefficient (Wildman–Crippen LogP) is 2.71. The highest BCUT2D eigenvalue weighted by atomic mass is 16.7. The second kappa shape index (κ2) is 7.84. The summed E-state index contributed by atoms with van der Waals surface area (Å²) >= 11 is 0. The molecular weight excluding hydrogens is 390 g/mol. The van der Waals surface area contributed by atoms with E-state index >= 15 is 0 Å². The first kappa shape index (κ1) is 19.4. The van der Waals surface area contributed by atoms with Crippen LogP contribution in [0.15, 0.2) is 52.4 Å². The summed E-state index contributed by atoms with van der Waals surface area (Å²) in [4.78, 5) is 23.6. The maximum atomic E-state index is 12.9. The van der Waals surface area contributed by atoms with Gasteiger partial charge in [-0.25, -0.2) is 4.68 Å². The standard InChI is InChI=1S/C20H19N5O5/c1-13-18(20(26)24(23(13)2)16-6-4-3-5-7-16)22-21-10-14-8-17(25(27)28)9-15-11-29-12-30-19(14)15/h3-10,22H,11-12H2,1-2H3. The van der Waals surface area contributed by atoms with Crippen molar-refractivity contribution in [1.82, 2.24) is 9.36 Å². The van der Waals surface area contributed by atoms with Gasteiger partial charge in [0.25, 0.3) is 11.2 Å². The zero-order chi connectivity index (χ0) is 21.3. The quantitative estimate of drug-likeness (QED) is 0.394. The number of benzene rings is 2. The number of hydrogen-bond donors (Lipinski definition) is 1. The number of rotatable bonds is 5. The van der Waals surface area contributed by atoms with E-state index < -0.39 is 4.92 Å². The Morgan fingerprint density at radius 1 is 1.27 bits per heavy atom. The monoisotopic (exact) mass is 409 g/mol. The third kappa shape index (κ3) is 3.44. The van der Waals surface area contributed by atoms with Crippen molar-refractivity contribution in [2.45, 2.75) is 13.5 Å². The van der Waals surface area contributed by atoms with Gasteiger partial charge in [0.2, 0.25) is 0 Å². The molecule has 0 unspecified atom stereocenters. The second-order valence-corrected chi connectivity index (χ2v) is 6.70. The zero-order valence-electron chi connectivity index (χ0n) is 16.4. The van der Waals surface area contributed by atoms with E-state index in [9.17, 15) is 14.9 Å². The first-order valence-corrected chi connectivity index (χ1v) is 9.12. The number of anilines is 1. The van der Waals surface area contributed by atoms with E-state index in [0.717, 1.165) is 5.69 Å². The van der Waals surface area contributed by atoms with E-state index in [4.69, 9.17) is 9.47 Å². The van der Waals surface area contributed by atoms with Gasteiger partial charge in [-0.15, -0.1) is 0 Å². The lowest BCUT2D eigenvalue weighted by atomic mass is 10.1. The van der Waals surface area contributed by atoms with Gasteiger partial charge in [-0.05, 0) is 19.1 Å². The van der Waals surface area contributed by atoms with Crippen LogP contribution in [0.1, 0.15) is 16.8 Å². The molecule has 4 rings (SSSR count). The van der Waals surface area contributed by atoms with Crippen LogP contribution in [0.5, 0.6) is 5.75 Å². The maximum Gasteiger partial charge on any atom is 0.296 e. The smallest absolute Gasteiger partial charge is 0.296 e. The van der Waals surface area contributed by atoms with Crippen LogP contribution in [0.2, 0.25) is 0 Å². The molecular formula is C20H19N5O5. The van der Waals surface area contributed by atoms with Crippen LogP contribution in [-0.2, 0) is 18.4 Å². The van der Waals surface area contributed by atoms with Crippen LogP contribution in [0, 0.1) is 17.0 Å². The van der Waals surface area contributed by atoms with Gasteiger partial charge in [0, 0.05) is 30.3 Å². The predicted molar refractivity (Wildman–Crippen MR) is 110 cm³/mol. The summed E-state index contributed by atoms with van der Waals surface area (Å²) in [6, 6.07) is 12.0. The van der Waals surface area contributed by atoms with Crippen molar-refractivity contribution >= 4 is 17.6 Å². The first-order chi connectivity index (χ1) is 14.5. The lowest BCUT2D eigenvalue weighted by Crippen LogP contribution is -2.20. The number of non-ortho nitro benzene ring substituents is 1. The maximum absolute atomic E-state index is 12.9. The van der Waals surface area contributed by atoms with Gasteiger partial charge < -0.3 is 9.47 Å². The highest BCUT2D eigenvalue weighted by Crippen LogP contribution is 2.31. The van der Waals surface area contributed by atoms with Crippen LogP contribution in [-0.4, -0.2) is 27.3 Å². The van der Waals surface area contributed by atoms with Crippen LogP contribution >= 0.6 is 0 Å². The molecule has 0 fully saturated rings. The molecule has 1 aromatic heterocycles. The number of ether oxygens (including phenoxy) is 2. The Morgan fingerprint density at radius 2 is 2.03 bits per heavy atom. The molecule has 0 radical (unpaired) electrons. The van der Waals surface area contributed by atoms with Gasteiger partial charge >= 0.3 is 0 Å². The minimum atomic E-state index is -0.487. The third-order valence-corrected chi connectivity index (χ3v) is 4.87. The molecule has 154 valence electrons. The Balaban J connectivity index is 1.67. The normalized spacial score (nSPS) is 13.1. The van der Waals surface area contributed by atoms with Crippen LogP contribution in [0.3, 0.4) is 0 Å². The molecule has 0 aliphatic carbocycles. The molecule has 30 heavy (non-hydrogen) atoms. The van der Waals surface area contributed by atoms with Crippen molar-refractivity contribution in [2.24, 2.45) is 12.1 Å². The lowest BCUT2D eigenvalue weighted by Gasteiger charge is -2.19. The molecule has 0 saturated heterocycles. The van der Waals surface area contributed by atoms with Crippen LogP contribution < -0.4 is 15.7 Å². The molecule has 3 aromatic rings.